The fourth-order valence-corrected chi connectivity index (χ4v) is 3.65. The van der Waals surface area contributed by atoms with E-state index in [9.17, 15) is 28.1 Å². The van der Waals surface area contributed by atoms with Gasteiger partial charge in [0.2, 0.25) is 11.1 Å². The Labute approximate surface area is 196 Å². The maximum absolute atomic E-state index is 13.3. The highest BCUT2D eigenvalue weighted by atomic mass is 32.2. The lowest BCUT2D eigenvalue weighted by atomic mass is 9.87. The number of hydrogen-bond donors (Lipinski definition) is 2. The molecule has 0 atom stereocenters. The van der Waals surface area contributed by atoms with Crippen LogP contribution >= 0.6 is 11.8 Å². The molecule has 9 nitrogen and oxygen atoms in total. The van der Waals surface area contributed by atoms with E-state index in [1.807, 2.05) is 24.3 Å². The van der Waals surface area contributed by atoms with Gasteiger partial charge in [-0.25, -0.2) is 4.68 Å². The van der Waals surface area contributed by atoms with Gasteiger partial charge in [0.05, 0.1) is 21.9 Å². The molecule has 0 saturated carbocycles. The first-order chi connectivity index (χ1) is 15.8. The van der Waals surface area contributed by atoms with Crippen LogP contribution in [0.15, 0.2) is 47.6 Å². The standard InChI is InChI=1S/C21H21F3N6O3S/c1-20(2,3)13-6-4-12(5-7-13)18-27-28-19(29(18)25)34-11-17(31)26-16-9-8-14(30(32)33)10-15(16)21(22,23)24/h4-10H,11,25H2,1-3H3,(H,26,31). The molecule has 0 aliphatic carbocycles. The number of aromatic nitrogens is 3. The number of nitro benzene ring substituents is 1. The van der Waals surface area contributed by atoms with Gasteiger partial charge in [-0.3, -0.25) is 14.9 Å². The Bertz CT molecular complexity index is 1220. The van der Waals surface area contributed by atoms with Gasteiger partial charge in [-0.2, -0.15) is 13.2 Å². The largest absolute Gasteiger partial charge is 0.418 e. The first-order valence-electron chi connectivity index (χ1n) is 9.87. The van der Waals surface area contributed by atoms with Crippen LogP contribution in [0, 0.1) is 10.1 Å². The summed E-state index contributed by atoms with van der Waals surface area (Å²) in [7, 11) is 0. The molecule has 3 N–H and O–H groups in total. The van der Waals surface area contributed by atoms with Crippen LogP contribution in [-0.2, 0) is 16.4 Å². The van der Waals surface area contributed by atoms with E-state index in [1.165, 1.54) is 4.68 Å². The van der Waals surface area contributed by atoms with Crippen molar-refractivity contribution in [1.82, 2.24) is 14.9 Å². The zero-order valence-electron chi connectivity index (χ0n) is 18.4. The Hall–Kier alpha value is -3.61. The molecular weight excluding hydrogens is 473 g/mol. The first-order valence-corrected chi connectivity index (χ1v) is 10.9. The van der Waals surface area contributed by atoms with Crippen molar-refractivity contribution in [3.05, 3.63) is 63.7 Å². The van der Waals surface area contributed by atoms with E-state index in [1.54, 1.807) is 0 Å². The van der Waals surface area contributed by atoms with Crippen LogP contribution in [0.25, 0.3) is 11.4 Å². The van der Waals surface area contributed by atoms with E-state index < -0.39 is 33.9 Å². The molecule has 1 aromatic heterocycles. The molecule has 0 bridgehead atoms. The zero-order valence-corrected chi connectivity index (χ0v) is 19.2. The summed E-state index contributed by atoms with van der Waals surface area (Å²) in [5.74, 6) is 5.32. The normalized spacial score (nSPS) is 11.9. The molecule has 3 aromatic rings. The minimum atomic E-state index is -4.89. The molecule has 2 aromatic carbocycles. The third-order valence-corrected chi connectivity index (χ3v) is 5.74. The number of thioether (sulfide) groups is 1. The SMILES string of the molecule is CC(C)(C)c1ccc(-c2nnc(SCC(=O)Nc3ccc([N+](=O)[O-])cc3C(F)(F)F)n2N)cc1. The van der Waals surface area contributed by atoms with Crippen LogP contribution in [0.3, 0.4) is 0 Å². The van der Waals surface area contributed by atoms with Crippen molar-refractivity contribution in [1.29, 1.82) is 0 Å². The predicted molar refractivity (Wildman–Crippen MR) is 122 cm³/mol. The Kier molecular flexibility index (Phi) is 6.87. The topological polar surface area (TPSA) is 129 Å². The highest BCUT2D eigenvalue weighted by Crippen LogP contribution is 2.37. The molecule has 1 heterocycles. The van der Waals surface area contributed by atoms with E-state index >= 15 is 0 Å². The van der Waals surface area contributed by atoms with Gasteiger partial charge in [0, 0.05) is 17.7 Å². The molecule has 0 radical (unpaired) electrons. The van der Waals surface area contributed by atoms with Crippen molar-refractivity contribution in [2.45, 2.75) is 37.5 Å². The Morgan fingerprint density at radius 1 is 1.15 bits per heavy atom. The number of anilines is 1. The van der Waals surface area contributed by atoms with Crippen LogP contribution in [0.5, 0.6) is 0 Å². The van der Waals surface area contributed by atoms with Gasteiger partial charge in [-0.05, 0) is 17.0 Å². The average molecular weight is 494 g/mol. The summed E-state index contributed by atoms with van der Waals surface area (Å²) in [4.78, 5) is 22.1. The van der Waals surface area contributed by atoms with E-state index in [0.717, 1.165) is 29.5 Å². The second-order valence-electron chi connectivity index (χ2n) is 8.33. The predicted octanol–water partition coefficient (Wildman–Crippen LogP) is 4.61. The summed E-state index contributed by atoms with van der Waals surface area (Å²) in [6.45, 7) is 6.25. The summed E-state index contributed by atoms with van der Waals surface area (Å²) in [6, 6.07) is 9.70. The zero-order chi connectivity index (χ0) is 25.3. The number of hydrogen-bond acceptors (Lipinski definition) is 7. The van der Waals surface area contributed by atoms with Gasteiger partial charge in [0.1, 0.15) is 0 Å². The number of halogens is 3. The first kappa shape index (κ1) is 25.0. The van der Waals surface area contributed by atoms with Gasteiger partial charge in [-0.1, -0.05) is 56.8 Å². The minimum absolute atomic E-state index is 0.0288. The van der Waals surface area contributed by atoms with Crippen molar-refractivity contribution < 1.29 is 22.9 Å². The number of benzene rings is 2. The van der Waals surface area contributed by atoms with Crippen LogP contribution in [0.2, 0.25) is 0 Å². The molecule has 180 valence electrons. The van der Waals surface area contributed by atoms with Gasteiger partial charge < -0.3 is 11.2 Å². The number of nitro groups is 1. The summed E-state index contributed by atoms with van der Waals surface area (Å²) in [5.41, 5.74) is -0.839. The lowest BCUT2D eigenvalue weighted by Crippen LogP contribution is -2.19. The summed E-state index contributed by atoms with van der Waals surface area (Å²) < 4.78 is 41.0. The van der Waals surface area contributed by atoms with Crippen LogP contribution in [0.4, 0.5) is 24.5 Å². The molecule has 34 heavy (non-hydrogen) atoms. The van der Waals surface area contributed by atoms with Crippen LogP contribution in [0.1, 0.15) is 31.9 Å². The van der Waals surface area contributed by atoms with Crippen molar-refractivity contribution in [3.63, 3.8) is 0 Å². The lowest BCUT2D eigenvalue weighted by Gasteiger charge is -2.19. The van der Waals surface area contributed by atoms with E-state index in [4.69, 9.17) is 5.84 Å². The number of amides is 1. The van der Waals surface area contributed by atoms with E-state index in [2.05, 4.69) is 36.3 Å². The minimum Gasteiger partial charge on any atom is -0.335 e. The molecule has 0 aliphatic rings. The fraction of sp³-hybridized carbons (Fsp3) is 0.286. The van der Waals surface area contributed by atoms with E-state index in [-0.39, 0.29) is 16.3 Å². The molecule has 3 rings (SSSR count). The summed E-state index contributed by atoms with van der Waals surface area (Å²) >= 11 is 0.882. The second-order valence-corrected chi connectivity index (χ2v) is 9.27. The maximum Gasteiger partial charge on any atom is 0.418 e. The van der Waals surface area contributed by atoms with Gasteiger partial charge in [-0.15, -0.1) is 10.2 Å². The third-order valence-electron chi connectivity index (χ3n) is 4.80. The number of non-ortho nitro benzene ring substituents is 1. The molecule has 1 amide bonds. The van der Waals surface area contributed by atoms with Crippen molar-refractivity contribution >= 4 is 29.0 Å². The van der Waals surface area contributed by atoms with Crippen LogP contribution in [-0.4, -0.2) is 31.5 Å². The average Bonchev–Trinajstić information content (AvgIpc) is 3.11. The number of nitrogens with one attached hydrogen (secondary N) is 1. The Balaban J connectivity index is 1.71. The van der Waals surface area contributed by atoms with Crippen molar-refractivity contribution in [2.24, 2.45) is 0 Å². The molecule has 0 saturated heterocycles. The van der Waals surface area contributed by atoms with Gasteiger partial charge in [0.25, 0.3) is 5.69 Å². The molecular formula is C21H21F3N6O3S. The maximum atomic E-state index is 13.3. The quantitative estimate of drug-likeness (QED) is 0.221. The lowest BCUT2D eigenvalue weighted by molar-refractivity contribution is -0.385. The van der Waals surface area contributed by atoms with Gasteiger partial charge >= 0.3 is 6.18 Å². The number of carbonyl (C=O) groups excluding carboxylic acids is 1. The van der Waals surface area contributed by atoms with Crippen LogP contribution < -0.4 is 11.2 Å². The number of nitrogens with zero attached hydrogens (tertiary/aromatic N) is 4. The number of nitrogens with two attached hydrogens (primary N) is 1. The second kappa shape index (κ2) is 9.33. The number of rotatable bonds is 6. The highest BCUT2D eigenvalue weighted by Gasteiger charge is 2.35. The van der Waals surface area contributed by atoms with E-state index in [0.29, 0.717) is 17.5 Å². The fourth-order valence-electron chi connectivity index (χ4n) is 3.00. The number of carbonyl (C=O) groups is 1. The third kappa shape index (κ3) is 5.65. The smallest absolute Gasteiger partial charge is 0.335 e. The Morgan fingerprint density at radius 3 is 2.35 bits per heavy atom. The number of nitrogen functional groups attached to an aromatic ring is 1. The molecule has 0 spiro atoms. The van der Waals surface area contributed by atoms with Crippen molar-refractivity contribution in [3.8, 4) is 11.4 Å². The molecule has 0 unspecified atom stereocenters. The Morgan fingerprint density at radius 2 is 1.79 bits per heavy atom. The molecule has 0 fully saturated rings. The number of alkyl halides is 3. The monoisotopic (exact) mass is 494 g/mol. The van der Waals surface area contributed by atoms with Gasteiger partial charge in [0.15, 0.2) is 5.82 Å². The van der Waals surface area contributed by atoms with Crippen molar-refractivity contribution in [2.75, 3.05) is 16.9 Å². The molecule has 13 heteroatoms. The highest BCUT2D eigenvalue weighted by molar-refractivity contribution is 7.99. The molecule has 0 aliphatic heterocycles. The summed E-state index contributed by atoms with van der Waals surface area (Å²) in [6.07, 6.45) is -4.89. The summed E-state index contributed by atoms with van der Waals surface area (Å²) in [5, 5.41) is 21.1.